The molecule has 0 aliphatic rings. The lowest BCUT2D eigenvalue weighted by Gasteiger charge is -2.21. The van der Waals surface area contributed by atoms with E-state index in [1.165, 1.54) is 4.90 Å². The van der Waals surface area contributed by atoms with E-state index in [2.05, 4.69) is 12.6 Å². The van der Waals surface area contributed by atoms with Gasteiger partial charge in [-0.05, 0) is 23.3 Å². The van der Waals surface area contributed by atoms with Crippen LogP contribution in [0.15, 0.2) is 60.7 Å². The first-order chi connectivity index (χ1) is 10.2. The first kappa shape index (κ1) is 15.5. The zero-order valence-corrected chi connectivity index (χ0v) is 13.0. The van der Waals surface area contributed by atoms with Crippen LogP contribution in [0.2, 0.25) is 0 Å². The molecule has 5 heteroatoms. The fraction of sp³-hybridized carbons (Fsp3) is 0.125. The third kappa shape index (κ3) is 4.88. The number of rotatable bonds is 4. The fourth-order valence-electron chi connectivity index (χ4n) is 1.77. The minimum Gasteiger partial charge on any atom is -0.466 e. The molecule has 2 rings (SSSR count). The molecule has 0 saturated heterocycles. The number of thiocarbonyl (C=S) groups is 1. The van der Waals surface area contributed by atoms with E-state index in [9.17, 15) is 4.79 Å². The van der Waals surface area contributed by atoms with Crippen molar-refractivity contribution < 1.29 is 9.53 Å². The maximum Gasteiger partial charge on any atom is 0.286 e. The van der Waals surface area contributed by atoms with E-state index in [1.54, 1.807) is 0 Å². The van der Waals surface area contributed by atoms with Gasteiger partial charge in [0.15, 0.2) is 0 Å². The molecule has 108 valence electrons. The molecule has 3 nitrogen and oxygen atoms in total. The van der Waals surface area contributed by atoms with E-state index in [-0.39, 0.29) is 5.17 Å². The molecule has 0 aliphatic carbocycles. The van der Waals surface area contributed by atoms with Crippen LogP contribution in [0.4, 0.5) is 4.79 Å². The van der Waals surface area contributed by atoms with Gasteiger partial charge in [0.1, 0.15) is 6.61 Å². The Morgan fingerprint density at radius 2 is 1.52 bits per heavy atom. The molecule has 0 N–H and O–H groups in total. The van der Waals surface area contributed by atoms with E-state index >= 15 is 0 Å². The summed E-state index contributed by atoms with van der Waals surface area (Å²) < 4.78 is 5.51. The number of hydrogen-bond donors (Lipinski definition) is 1. The van der Waals surface area contributed by atoms with Crippen molar-refractivity contribution >= 4 is 35.3 Å². The number of amides is 1. The molecule has 0 heterocycles. The standard InChI is InChI=1S/C16H15NO2S2/c18-15(20)17(11-13-7-3-1-4-8-13)16(21)19-12-14-9-5-2-6-10-14/h1-10H,11-12H2,(H,18,20). The molecule has 0 aliphatic heterocycles. The van der Waals surface area contributed by atoms with E-state index in [0.29, 0.717) is 13.2 Å². The molecule has 0 saturated carbocycles. The van der Waals surface area contributed by atoms with Gasteiger partial charge in [0.25, 0.3) is 10.4 Å². The Balaban J connectivity index is 1.98. The second-order valence-corrected chi connectivity index (χ2v) is 5.13. The van der Waals surface area contributed by atoms with Crippen molar-refractivity contribution in [2.24, 2.45) is 0 Å². The van der Waals surface area contributed by atoms with E-state index in [0.717, 1.165) is 11.1 Å². The minimum absolute atomic E-state index is 0.128. The van der Waals surface area contributed by atoms with Gasteiger partial charge in [0.05, 0.1) is 6.54 Å². The van der Waals surface area contributed by atoms with E-state index in [1.807, 2.05) is 60.7 Å². The Morgan fingerprint density at radius 1 is 1.00 bits per heavy atom. The number of nitrogens with zero attached hydrogens (tertiary/aromatic N) is 1. The first-order valence-electron chi connectivity index (χ1n) is 6.42. The van der Waals surface area contributed by atoms with Crippen LogP contribution in [-0.4, -0.2) is 15.3 Å². The maximum atomic E-state index is 11.6. The van der Waals surface area contributed by atoms with Crippen LogP contribution in [0.1, 0.15) is 11.1 Å². The molecule has 0 aromatic heterocycles. The lowest BCUT2D eigenvalue weighted by atomic mass is 10.2. The predicted molar refractivity (Wildman–Crippen MR) is 90.2 cm³/mol. The maximum absolute atomic E-state index is 11.6. The molecule has 0 unspecified atom stereocenters. The highest BCUT2D eigenvalue weighted by atomic mass is 32.1. The van der Waals surface area contributed by atoms with Crippen LogP contribution in [0.5, 0.6) is 0 Å². The van der Waals surface area contributed by atoms with E-state index in [4.69, 9.17) is 17.0 Å². The third-order valence-electron chi connectivity index (χ3n) is 2.84. The first-order valence-corrected chi connectivity index (χ1v) is 7.27. The molecule has 0 radical (unpaired) electrons. The number of hydrogen-bond acceptors (Lipinski definition) is 3. The number of benzene rings is 2. The monoisotopic (exact) mass is 317 g/mol. The summed E-state index contributed by atoms with van der Waals surface area (Å²) in [7, 11) is 0. The summed E-state index contributed by atoms with van der Waals surface area (Å²) in [6.07, 6.45) is 0. The van der Waals surface area contributed by atoms with Gasteiger partial charge in [-0.2, -0.15) is 0 Å². The predicted octanol–water partition coefficient (Wildman–Crippen LogP) is 4.04. The van der Waals surface area contributed by atoms with Crippen molar-refractivity contribution in [2.75, 3.05) is 0 Å². The molecule has 0 bridgehead atoms. The smallest absolute Gasteiger partial charge is 0.286 e. The van der Waals surface area contributed by atoms with Gasteiger partial charge >= 0.3 is 0 Å². The van der Waals surface area contributed by atoms with Crippen LogP contribution in [0.3, 0.4) is 0 Å². The minimum atomic E-state index is -0.433. The Bertz CT molecular complexity index is 602. The second-order valence-electron chi connectivity index (χ2n) is 4.39. The van der Waals surface area contributed by atoms with Gasteiger partial charge < -0.3 is 4.74 Å². The molecule has 0 atom stereocenters. The van der Waals surface area contributed by atoms with Crippen LogP contribution < -0.4 is 0 Å². The topological polar surface area (TPSA) is 29.5 Å². The summed E-state index contributed by atoms with van der Waals surface area (Å²) in [6, 6.07) is 19.2. The van der Waals surface area contributed by atoms with Crippen LogP contribution in [0, 0.1) is 0 Å². The number of carbonyl (C=O) groups excluding carboxylic acids is 1. The van der Waals surface area contributed by atoms with Gasteiger partial charge in [-0.1, -0.05) is 73.3 Å². The Kier molecular flexibility index (Phi) is 5.78. The van der Waals surface area contributed by atoms with Gasteiger partial charge in [0.2, 0.25) is 0 Å². The summed E-state index contributed by atoms with van der Waals surface area (Å²) in [6.45, 7) is 0.669. The fourth-order valence-corrected chi connectivity index (χ4v) is 2.21. The number of ether oxygens (including phenoxy) is 1. The Hall–Kier alpha value is -1.85. The molecular formula is C16H15NO2S2. The lowest BCUT2D eigenvalue weighted by Crippen LogP contribution is -2.33. The molecule has 0 fully saturated rings. The van der Waals surface area contributed by atoms with Gasteiger partial charge in [0, 0.05) is 0 Å². The molecule has 1 amide bonds. The highest BCUT2D eigenvalue weighted by Gasteiger charge is 2.17. The van der Waals surface area contributed by atoms with Gasteiger partial charge in [-0.15, -0.1) is 0 Å². The molecule has 0 spiro atoms. The van der Waals surface area contributed by atoms with Crippen molar-refractivity contribution in [3.63, 3.8) is 0 Å². The van der Waals surface area contributed by atoms with Crippen LogP contribution >= 0.6 is 24.8 Å². The zero-order chi connectivity index (χ0) is 15.1. The van der Waals surface area contributed by atoms with Crippen LogP contribution in [-0.2, 0) is 17.9 Å². The summed E-state index contributed by atoms with van der Waals surface area (Å²) >= 11 is 9.05. The van der Waals surface area contributed by atoms with Crippen molar-refractivity contribution in [3.8, 4) is 0 Å². The van der Waals surface area contributed by atoms with Gasteiger partial charge in [-0.25, -0.2) is 0 Å². The highest BCUT2D eigenvalue weighted by molar-refractivity contribution is 7.96. The molecule has 2 aromatic carbocycles. The SMILES string of the molecule is O=C(S)N(Cc1ccccc1)C(=S)OCc1ccccc1. The average molecular weight is 317 g/mol. The molecule has 21 heavy (non-hydrogen) atoms. The van der Waals surface area contributed by atoms with Crippen LogP contribution in [0.25, 0.3) is 0 Å². The molecular weight excluding hydrogens is 302 g/mol. The largest absolute Gasteiger partial charge is 0.466 e. The second kappa shape index (κ2) is 7.81. The summed E-state index contributed by atoms with van der Waals surface area (Å²) in [5, 5.41) is -0.306. The summed E-state index contributed by atoms with van der Waals surface area (Å²) in [4.78, 5) is 13.0. The summed E-state index contributed by atoms with van der Waals surface area (Å²) in [5.74, 6) is 0. The third-order valence-corrected chi connectivity index (χ3v) is 3.42. The van der Waals surface area contributed by atoms with Crippen molar-refractivity contribution in [2.45, 2.75) is 13.2 Å². The number of thiol groups is 1. The van der Waals surface area contributed by atoms with Crippen molar-refractivity contribution in [3.05, 3.63) is 71.8 Å². The summed E-state index contributed by atoms with van der Waals surface area (Å²) in [5.41, 5.74) is 1.96. The Morgan fingerprint density at radius 3 is 2.05 bits per heavy atom. The lowest BCUT2D eigenvalue weighted by molar-refractivity contribution is 0.216. The highest BCUT2D eigenvalue weighted by Crippen LogP contribution is 2.11. The Labute approximate surface area is 134 Å². The average Bonchev–Trinajstić information content (AvgIpc) is 2.52. The zero-order valence-electron chi connectivity index (χ0n) is 11.3. The van der Waals surface area contributed by atoms with Crippen molar-refractivity contribution in [1.29, 1.82) is 0 Å². The number of carbonyl (C=O) groups is 1. The quantitative estimate of drug-likeness (QED) is 0.682. The van der Waals surface area contributed by atoms with Gasteiger partial charge in [-0.3, -0.25) is 9.69 Å². The molecule has 2 aromatic rings. The normalized spacial score (nSPS) is 9.95. The van der Waals surface area contributed by atoms with E-state index < -0.39 is 5.24 Å². The van der Waals surface area contributed by atoms with Crippen molar-refractivity contribution in [1.82, 2.24) is 4.90 Å².